The Morgan fingerprint density at radius 1 is 1.03 bits per heavy atom. The van der Waals surface area contributed by atoms with Crippen molar-refractivity contribution in [2.45, 2.75) is 45.1 Å². The van der Waals surface area contributed by atoms with E-state index in [1.54, 1.807) is 7.11 Å². The van der Waals surface area contributed by atoms with E-state index < -0.39 is 0 Å². The average Bonchev–Trinajstić information content (AvgIpc) is 2.74. The number of rotatable bonds is 6. The first kappa shape index (κ1) is 20.9. The Kier molecular flexibility index (Phi) is 6.91. The fourth-order valence-electron chi connectivity index (χ4n) is 3.59. The molecule has 1 aliphatic heterocycles. The lowest BCUT2D eigenvalue weighted by molar-refractivity contribution is -0.131. The van der Waals surface area contributed by atoms with E-state index in [0.717, 1.165) is 24.2 Å². The number of hydrogen-bond acceptors (Lipinski definition) is 3. The van der Waals surface area contributed by atoms with E-state index in [4.69, 9.17) is 4.74 Å². The zero-order valence-electron chi connectivity index (χ0n) is 17.5. The minimum Gasteiger partial charge on any atom is -0.497 e. The van der Waals surface area contributed by atoms with Gasteiger partial charge >= 0.3 is 0 Å². The van der Waals surface area contributed by atoms with Gasteiger partial charge in [-0.2, -0.15) is 0 Å². The van der Waals surface area contributed by atoms with E-state index in [2.05, 4.69) is 19.2 Å². The van der Waals surface area contributed by atoms with Gasteiger partial charge in [0.2, 0.25) is 5.91 Å². The molecule has 1 aliphatic rings. The van der Waals surface area contributed by atoms with Gasteiger partial charge in [0.25, 0.3) is 5.91 Å². The summed E-state index contributed by atoms with van der Waals surface area (Å²) in [6, 6.07) is 15.5. The van der Waals surface area contributed by atoms with Crippen molar-refractivity contribution in [2.75, 3.05) is 20.2 Å². The van der Waals surface area contributed by atoms with Crippen molar-refractivity contribution in [3.8, 4) is 5.75 Å². The van der Waals surface area contributed by atoms with Crippen LogP contribution >= 0.6 is 0 Å². The molecule has 154 valence electrons. The lowest BCUT2D eigenvalue weighted by atomic mass is 10.0. The molecular formula is C24H30N2O3. The van der Waals surface area contributed by atoms with Gasteiger partial charge in [-0.3, -0.25) is 9.59 Å². The van der Waals surface area contributed by atoms with Gasteiger partial charge in [0.1, 0.15) is 5.75 Å². The highest BCUT2D eigenvalue weighted by atomic mass is 16.5. The lowest BCUT2D eigenvalue weighted by Gasteiger charge is -2.32. The van der Waals surface area contributed by atoms with Crippen molar-refractivity contribution >= 4 is 11.8 Å². The second kappa shape index (κ2) is 9.59. The second-order valence-electron chi connectivity index (χ2n) is 7.93. The fourth-order valence-corrected chi connectivity index (χ4v) is 3.59. The van der Waals surface area contributed by atoms with E-state index in [1.807, 2.05) is 53.4 Å². The van der Waals surface area contributed by atoms with Gasteiger partial charge in [-0.25, -0.2) is 0 Å². The molecule has 1 saturated heterocycles. The second-order valence-corrected chi connectivity index (χ2v) is 7.93. The number of piperidine rings is 1. The van der Waals surface area contributed by atoms with E-state index >= 15 is 0 Å². The Balaban J connectivity index is 1.46. The van der Waals surface area contributed by atoms with Crippen LogP contribution in [0.4, 0.5) is 0 Å². The molecule has 0 aromatic heterocycles. The summed E-state index contributed by atoms with van der Waals surface area (Å²) in [4.78, 5) is 27.0. The summed E-state index contributed by atoms with van der Waals surface area (Å²) in [6.45, 7) is 5.62. The van der Waals surface area contributed by atoms with Crippen LogP contribution in [0, 0.1) is 0 Å². The van der Waals surface area contributed by atoms with Crippen molar-refractivity contribution in [3.05, 3.63) is 65.2 Å². The molecule has 1 N–H and O–H groups in total. The summed E-state index contributed by atoms with van der Waals surface area (Å²) < 4.78 is 5.15. The highest BCUT2D eigenvalue weighted by Crippen LogP contribution is 2.17. The quantitative estimate of drug-likeness (QED) is 0.811. The van der Waals surface area contributed by atoms with Gasteiger partial charge in [0.05, 0.1) is 13.5 Å². The Hall–Kier alpha value is -2.82. The molecule has 1 fully saturated rings. The largest absolute Gasteiger partial charge is 0.497 e. The molecule has 2 aromatic carbocycles. The van der Waals surface area contributed by atoms with E-state index in [-0.39, 0.29) is 17.9 Å². The predicted molar refractivity (Wildman–Crippen MR) is 114 cm³/mol. The maximum absolute atomic E-state index is 12.6. The predicted octanol–water partition coefficient (Wildman–Crippen LogP) is 3.78. The lowest BCUT2D eigenvalue weighted by Crippen LogP contribution is -2.47. The average molecular weight is 395 g/mol. The van der Waals surface area contributed by atoms with E-state index in [0.29, 0.717) is 31.0 Å². The number of ether oxygens (including phenoxy) is 1. The van der Waals surface area contributed by atoms with Crippen LogP contribution in [0.3, 0.4) is 0 Å². The molecule has 1 heterocycles. The van der Waals surface area contributed by atoms with Crippen LogP contribution < -0.4 is 10.1 Å². The molecule has 2 amide bonds. The monoisotopic (exact) mass is 394 g/mol. The van der Waals surface area contributed by atoms with Crippen molar-refractivity contribution < 1.29 is 14.3 Å². The van der Waals surface area contributed by atoms with Crippen LogP contribution in [0.5, 0.6) is 5.75 Å². The maximum atomic E-state index is 12.6. The number of benzene rings is 2. The zero-order valence-corrected chi connectivity index (χ0v) is 17.5. The van der Waals surface area contributed by atoms with Crippen molar-refractivity contribution in [2.24, 2.45) is 0 Å². The molecular weight excluding hydrogens is 364 g/mol. The highest BCUT2D eigenvalue weighted by Gasteiger charge is 2.24. The summed E-state index contributed by atoms with van der Waals surface area (Å²) in [5, 5.41) is 3.11. The number of carbonyl (C=O) groups excluding carboxylic acids is 2. The molecule has 3 rings (SSSR count). The number of nitrogens with zero attached hydrogens (tertiary/aromatic N) is 1. The molecule has 0 radical (unpaired) electrons. The van der Waals surface area contributed by atoms with Crippen LogP contribution in [0.1, 0.15) is 54.1 Å². The first-order valence-corrected chi connectivity index (χ1v) is 10.3. The van der Waals surface area contributed by atoms with Gasteiger partial charge < -0.3 is 15.0 Å². The van der Waals surface area contributed by atoms with Gasteiger partial charge in [-0.15, -0.1) is 0 Å². The first-order chi connectivity index (χ1) is 14.0. The third-order valence-corrected chi connectivity index (χ3v) is 5.54. The summed E-state index contributed by atoms with van der Waals surface area (Å²) in [5.41, 5.74) is 2.90. The van der Waals surface area contributed by atoms with Gasteiger partial charge in [0, 0.05) is 24.7 Å². The highest BCUT2D eigenvalue weighted by molar-refractivity contribution is 5.94. The minimum atomic E-state index is -0.0386. The summed E-state index contributed by atoms with van der Waals surface area (Å²) in [5.74, 6) is 1.33. The first-order valence-electron chi connectivity index (χ1n) is 10.3. The minimum absolute atomic E-state index is 0.0386. The van der Waals surface area contributed by atoms with Crippen molar-refractivity contribution in [1.82, 2.24) is 10.2 Å². The normalized spacial score (nSPS) is 14.7. The number of carbonyl (C=O) groups is 2. The van der Waals surface area contributed by atoms with Crippen LogP contribution in [0.15, 0.2) is 48.5 Å². The third kappa shape index (κ3) is 5.59. The number of amides is 2. The van der Waals surface area contributed by atoms with Crippen LogP contribution in [-0.4, -0.2) is 43.0 Å². The Morgan fingerprint density at radius 3 is 2.21 bits per heavy atom. The number of nitrogens with one attached hydrogen (secondary N) is 1. The van der Waals surface area contributed by atoms with Gasteiger partial charge in [-0.1, -0.05) is 38.1 Å². The van der Waals surface area contributed by atoms with E-state index in [1.165, 1.54) is 5.56 Å². The summed E-state index contributed by atoms with van der Waals surface area (Å²) in [7, 11) is 1.63. The fraction of sp³-hybridized carbons (Fsp3) is 0.417. The molecule has 2 aromatic rings. The van der Waals surface area contributed by atoms with Gasteiger partial charge in [-0.05, 0) is 54.2 Å². The molecule has 5 nitrogen and oxygen atoms in total. The molecule has 0 aliphatic carbocycles. The van der Waals surface area contributed by atoms with Crippen molar-refractivity contribution in [1.29, 1.82) is 0 Å². The number of hydrogen-bond donors (Lipinski definition) is 1. The van der Waals surface area contributed by atoms with Crippen LogP contribution in [0.2, 0.25) is 0 Å². The smallest absolute Gasteiger partial charge is 0.251 e. The Bertz CT molecular complexity index is 820. The Morgan fingerprint density at radius 2 is 1.66 bits per heavy atom. The molecule has 5 heteroatoms. The topological polar surface area (TPSA) is 58.6 Å². The summed E-state index contributed by atoms with van der Waals surface area (Å²) in [6.07, 6.45) is 1.96. The summed E-state index contributed by atoms with van der Waals surface area (Å²) >= 11 is 0. The van der Waals surface area contributed by atoms with Crippen molar-refractivity contribution in [3.63, 3.8) is 0 Å². The Labute approximate surface area is 173 Å². The molecule has 0 bridgehead atoms. The standard InChI is InChI=1S/C24H30N2O3/c1-17(2)19-6-8-20(9-7-19)24(28)25-21-12-14-26(15-13-21)23(27)16-18-4-10-22(29-3)11-5-18/h4-11,17,21H,12-16H2,1-3H3,(H,25,28). The molecule has 0 saturated carbocycles. The molecule has 0 unspecified atom stereocenters. The number of methoxy groups -OCH3 is 1. The van der Waals surface area contributed by atoms with E-state index in [9.17, 15) is 9.59 Å². The van der Waals surface area contributed by atoms with Crippen LogP contribution in [0.25, 0.3) is 0 Å². The van der Waals surface area contributed by atoms with Gasteiger partial charge in [0.15, 0.2) is 0 Å². The zero-order chi connectivity index (χ0) is 20.8. The number of likely N-dealkylation sites (tertiary alicyclic amines) is 1. The SMILES string of the molecule is COc1ccc(CC(=O)N2CCC(NC(=O)c3ccc(C(C)C)cc3)CC2)cc1. The maximum Gasteiger partial charge on any atom is 0.251 e. The molecule has 29 heavy (non-hydrogen) atoms. The molecule has 0 atom stereocenters. The molecule has 0 spiro atoms. The third-order valence-electron chi connectivity index (χ3n) is 5.54. The van der Waals surface area contributed by atoms with Crippen LogP contribution in [-0.2, 0) is 11.2 Å².